The average Bonchev–Trinajstić information content (AvgIpc) is 3.35. The first-order chi connectivity index (χ1) is 12.3. The van der Waals surface area contributed by atoms with Crippen molar-refractivity contribution in [1.82, 2.24) is 25.0 Å². The Bertz CT molecular complexity index is 662. The molecule has 134 valence electrons. The molecule has 7 heteroatoms. The summed E-state index contributed by atoms with van der Waals surface area (Å²) < 4.78 is 5.44. The molecule has 2 aliphatic heterocycles. The highest BCUT2D eigenvalue weighted by atomic mass is 16.3. The minimum Gasteiger partial charge on any atom is -0.468 e. The van der Waals surface area contributed by atoms with E-state index in [2.05, 4.69) is 20.1 Å². The van der Waals surface area contributed by atoms with Gasteiger partial charge in [-0.2, -0.15) is 5.10 Å². The third-order valence-electron chi connectivity index (χ3n) is 5.44. The maximum absolute atomic E-state index is 12.9. The van der Waals surface area contributed by atoms with E-state index >= 15 is 0 Å². The molecule has 1 unspecified atom stereocenters. The molecule has 1 N–H and O–H groups in total. The number of hydrogen-bond acceptors (Lipinski definition) is 5. The number of rotatable bonds is 4. The first-order valence-electron chi connectivity index (χ1n) is 9.18. The second kappa shape index (κ2) is 7.39. The van der Waals surface area contributed by atoms with Gasteiger partial charge in [0.15, 0.2) is 0 Å². The van der Waals surface area contributed by atoms with Crippen LogP contribution in [-0.4, -0.2) is 57.1 Å². The second-order valence-electron chi connectivity index (χ2n) is 7.12. The Hall–Kier alpha value is -2.15. The van der Waals surface area contributed by atoms with Crippen LogP contribution in [0.5, 0.6) is 0 Å². The monoisotopic (exact) mass is 343 g/mol. The summed E-state index contributed by atoms with van der Waals surface area (Å²) in [5.74, 6) is 2.76. The highest BCUT2D eigenvalue weighted by Crippen LogP contribution is 2.27. The Morgan fingerprint density at radius 1 is 1.28 bits per heavy atom. The summed E-state index contributed by atoms with van der Waals surface area (Å²) in [4.78, 5) is 21.6. The van der Waals surface area contributed by atoms with Gasteiger partial charge in [0.1, 0.15) is 17.9 Å². The quantitative estimate of drug-likeness (QED) is 0.919. The van der Waals surface area contributed by atoms with E-state index in [1.165, 1.54) is 0 Å². The Labute approximate surface area is 147 Å². The molecule has 2 saturated heterocycles. The molecule has 2 aromatic heterocycles. The van der Waals surface area contributed by atoms with Crippen LogP contribution in [0.15, 0.2) is 29.1 Å². The zero-order valence-electron chi connectivity index (χ0n) is 14.4. The number of amides is 1. The molecule has 4 heterocycles. The van der Waals surface area contributed by atoms with Crippen molar-refractivity contribution in [3.63, 3.8) is 0 Å². The Kier molecular flexibility index (Phi) is 4.83. The van der Waals surface area contributed by atoms with Crippen LogP contribution >= 0.6 is 0 Å². The smallest absolute Gasteiger partial charge is 0.226 e. The molecule has 7 nitrogen and oxygen atoms in total. The predicted molar refractivity (Wildman–Crippen MR) is 91.6 cm³/mol. The lowest BCUT2D eigenvalue weighted by Crippen LogP contribution is -2.46. The predicted octanol–water partition coefficient (Wildman–Crippen LogP) is 2.02. The largest absolute Gasteiger partial charge is 0.468 e. The number of aromatic nitrogens is 3. The minimum absolute atomic E-state index is 0.116. The Morgan fingerprint density at radius 3 is 2.88 bits per heavy atom. The van der Waals surface area contributed by atoms with Gasteiger partial charge in [-0.3, -0.25) is 14.8 Å². The van der Waals surface area contributed by atoms with Crippen molar-refractivity contribution in [2.45, 2.75) is 38.1 Å². The molecule has 2 fully saturated rings. The molecule has 25 heavy (non-hydrogen) atoms. The molecular formula is C18H25N5O2. The van der Waals surface area contributed by atoms with Crippen molar-refractivity contribution in [3.8, 4) is 0 Å². The van der Waals surface area contributed by atoms with Gasteiger partial charge >= 0.3 is 0 Å². The van der Waals surface area contributed by atoms with Crippen molar-refractivity contribution in [1.29, 1.82) is 0 Å². The van der Waals surface area contributed by atoms with Crippen molar-refractivity contribution < 1.29 is 9.21 Å². The van der Waals surface area contributed by atoms with Gasteiger partial charge in [-0.1, -0.05) is 0 Å². The molecule has 1 amide bonds. The fourth-order valence-corrected chi connectivity index (χ4v) is 4.07. The fraction of sp³-hybridized carbons (Fsp3) is 0.611. The van der Waals surface area contributed by atoms with Gasteiger partial charge in [-0.15, -0.1) is 0 Å². The fourth-order valence-electron chi connectivity index (χ4n) is 4.07. The zero-order valence-corrected chi connectivity index (χ0v) is 14.4. The number of aromatic amines is 1. The summed E-state index contributed by atoms with van der Waals surface area (Å²) >= 11 is 0. The van der Waals surface area contributed by atoms with E-state index in [1.807, 2.05) is 17.0 Å². The van der Waals surface area contributed by atoms with Crippen LogP contribution < -0.4 is 0 Å². The molecule has 0 radical (unpaired) electrons. The van der Waals surface area contributed by atoms with Crippen molar-refractivity contribution in [3.05, 3.63) is 36.3 Å². The molecule has 2 aromatic rings. The topological polar surface area (TPSA) is 78.3 Å². The number of carbonyl (C=O) groups is 1. The Balaban J connectivity index is 1.30. The first kappa shape index (κ1) is 16.3. The number of nitrogens with one attached hydrogen (secondary N) is 1. The van der Waals surface area contributed by atoms with E-state index in [9.17, 15) is 4.79 Å². The van der Waals surface area contributed by atoms with Crippen LogP contribution in [0.4, 0.5) is 0 Å². The highest BCUT2D eigenvalue weighted by molar-refractivity contribution is 5.79. The standard InChI is InChI=1S/C18H25N5O2/c24-18(23-8-5-14(6-9-23)17-19-13-20-21-17)15-3-1-7-22(11-15)12-16-4-2-10-25-16/h2,4,10,13-15H,1,3,5-9,11-12H2,(H,19,20,21). The number of piperidine rings is 2. The van der Waals surface area contributed by atoms with Crippen LogP contribution in [0, 0.1) is 5.92 Å². The molecule has 0 spiro atoms. The van der Waals surface area contributed by atoms with Crippen molar-refractivity contribution in [2.75, 3.05) is 26.2 Å². The molecule has 2 aliphatic rings. The first-order valence-corrected chi connectivity index (χ1v) is 9.18. The highest BCUT2D eigenvalue weighted by Gasteiger charge is 2.32. The summed E-state index contributed by atoms with van der Waals surface area (Å²) in [5, 5.41) is 6.89. The van der Waals surface area contributed by atoms with Crippen LogP contribution in [0.1, 0.15) is 43.2 Å². The molecule has 0 saturated carbocycles. The van der Waals surface area contributed by atoms with E-state index in [-0.39, 0.29) is 5.92 Å². The number of carbonyl (C=O) groups excluding carboxylic acids is 1. The van der Waals surface area contributed by atoms with Crippen molar-refractivity contribution in [2.24, 2.45) is 5.92 Å². The summed E-state index contributed by atoms with van der Waals surface area (Å²) in [7, 11) is 0. The van der Waals surface area contributed by atoms with Crippen molar-refractivity contribution >= 4 is 5.91 Å². The second-order valence-corrected chi connectivity index (χ2v) is 7.12. The van der Waals surface area contributed by atoms with Crippen LogP contribution in [0.2, 0.25) is 0 Å². The lowest BCUT2D eigenvalue weighted by atomic mass is 9.92. The van der Waals surface area contributed by atoms with Crippen LogP contribution in [0.25, 0.3) is 0 Å². The maximum atomic E-state index is 12.9. The van der Waals surface area contributed by atoms with Gasteiger partial charge in [0.25, 0.3) is 0 Å². The molecule has 0 aliphatic carbocycles. The summed E-state index contributed by atoms with van der Waals surface area (Å²) in [5.41, 5.74) is 0. The average molecular weight is 343 g/mol. The van der Waals surface area contributed by atoms with Gasteiger partial charge < -0.3 is 9.32 Å². The molecule has 0 aromatic carbocycles. The summed E-state index contributed by atoms with van der Waals surface area (Å²) in [6.45, 7) is 4.31. The lowest BCUT2D eigenvalue weighted by Gasteiger charge is -2.37. The van der Waals surface area contributed by atoms with E-state index in [1.54, 1.807) is 12.6 Å². The summed E-state index contributed by atoms with van der Waals surface area (Å²) in [6, 6.07) is 3.92. The lowest BCUT2D eigenvalue weighted by molar-refractivity contribution is -0.138. The van der Waals surface area contributed by atoms with E-state index < -0.39 is 0 Å². The van der Waals surface area contributed by atoms with Crippen LogP contribution in [0.3, 0.4) is 0 Å². The molecular weight excluding hydrogens is 318 g/mol. The SMILES string of the molecule is O=C(C1CCCN(Cc2ccco2)C1)N1CCC(c2ncn[nH]2)CC1. The van der Waals surface area contributed by atoms with Gasteiger partial charge in [0, 0.05) is 25.6 Å². The summed E-state index contributed by atoms with van der Waals surface area (Å²) in [6.07, 6.45) is 7.26. The van der Waals surface area contributed by atoms with Gasteiger partial charge in [0.05, 0.1) is 18.7 Å². The molecule has 1 atom stereocenters. The van der Waals surface area contributed by atoms with E-state index in [0.29, 0.717) is 11.8 Å². The number of hydrogen-bond donors (Lipinski definition) is 1. The number of H-pyrrole nitrogens is 1. The molecule has 4 rings (SSSR count). The van der Waals surface area contributed by atoms with Gasteiger partial charge in [-0.25, -0.2) is 4.98 Å². The van der Waals surface area contributed by atoms with Gasteiger partial charge in [-0.05, 0) is 44.4 Å². The normalized spacial score (nSPS) is 23.0. The zero-order chi connectivity index (χ0) is 17.1. The van der Waals surface area contributed by atoms with Gasteiger partial charge in [0.2, 0.25) is 5.91 Å². The van der Waals surface area contributed by atoms with E-state index in [0.717, 1.165) is 70.0 Å². The third-order valence-corrected chi connectivity index (χ3v) is 5.44. The van der Waals surface area contributed by atoms with Crippen LogP contribution in [-0.2, 0) is 11.3 Å². The van der Waals surface area contributed by atoms with E-state index in [4.69, 9.17) is 4.42 Å². The third kappa shape index (κ3) is 3.76. The maximum Gasteiger partial charge on any atom is 0.226 e. The number of nitrogens with zero attached hydrogens (tertiary/aromatic N) is 4. The Morgan fingerprint density at radius 2 is 2.16 bits per heavy atom. The number of furan rings is 1. The molecule has 0 bridgehead atoms. The minimum atomic E-state index is 0.116. The number of likely N-dealkylation sites (tertiary alicyclic amines) is 2.